The van der Waals surface area contributed by atoms with E-state index in [1.54, 1.807) is 0 Å². The van der Waals surface area contributed by atoms with E-state index in [2.05, 4.69) is 0 Å². The van der Waals surface area contributed by atoms with Crippen LogP contribution in [0.15, 0.2) is 60.7 Å². The average Bonchev–Trinajstić information content (AvgIpc) is 2.64. The molecule has 0 radical (unpaired) electrons. The zero-order chi connectivity index (χ0) is 16.8. The Kier molecular flexibility index (Phi) is 5.31. The van der Waals surface area contributed by atoms with Gasteiger partial charge < -0.3 is 10.0 Å². The number of aliphatic hydroxyl groups is 1. The van der Waals surface area contributed by atoms with Gasteiger partial charge in [-0.1, -0.05) is 60.7 Å². The van der Waals surface area contributed by atoms with E-state index < -0.39 is 5.60 Å². The minimum atomic E-state index is -1.01. The van der Waals surface area contributed by atoms with Crippen LogP contribution in [0.1, 0.15) is 43.2 Å². The second-order valence-corrected chi connectivity index (χ2v) is 6.53. The minimum absolute atomic E-state index is 0.254. The minimum Gasteiger partial charge on any atom is -0.380 e. The van der Waals surface area contributed by atoms with Crippen LogP contribution in [0.2, 0.25) is 0 Å². The average molecular weight is 323 g/mol. The van der Waals surface area contributed by atoms with Crippen LogP contribution in [0.5, 0.6) is 0 Å². The fraction of sp³-hybridized carbons (Fsp3) is 0.381. The van der Waals surface area contributed by atoms with Gasteiger partial charge in [0.1, 0.15) is 5.60 Å². The van der Waals surface area contributed by atoms with E-state index in [0.29, 0.717) is 12.8 Å². The fourth-order valence-electron chi connectivity index (χ4n) is 3.51. The molecule has 126 valence electrons. The van der Waals surface area contributed by atoms with Gasteiger partial charge in [0.25, 0.3) is 0 Å². The van der Waals surface area contributed by atoms with Gasteiger partial charge in [-0.3, -0.25) is 4.79 Å². The van der Waals surface area contributed by atoms with Crippen molar-refractivity contribution in [2.45, 2.75) is 37.7 Å². The van der Waals surface area contributed by atoms with Gasteiger partial charge >= 0.3 is 0 Å². The normalized spacial score (nSPS) is 15.5. The molecule has 0 aliphatic carbocycles. The van der Waals surface area contributed by atoms with Crippen molar-refractivity contribution in [1.82, 2.24) is 4.90 Å². The Morgan fingerprint density at radius 1 is 0.917 bits per heavy atom. The molecule has 2 aromatic carbocycles. The zero-order valence-corrected chi connectivity index (χ0v) is 14.0. The number of carbonyl (C=O) groups excluding carboxylic acids is 1. The molecule has 0 atom stereocenters. The van der Waals surface area contributed by atoms with Gasteiger partial charge in [0.05, 0.1) is 0 Å². The van der Waals surface area contributed by atoms with Gasteiger partial charge in [-0.15, -0.1) is 0 Å². The van der Waals surface area contributed by atoms with E-state index in [4.69, 9.17) is 0 Å². The second-order valence-electron chi connectivity index (χ2n) is 6.53. The van der Waals surface area contributed by atoms with Gasteiger partial charge in [-0.2, -0.15) is 0 Å². The third-order valence-electron chi connectivity index (χ3n) is 4.89. The quantitative estimate of drug-likeness (QED) is 0.880. The lowest BCUT2D eigenvalue weighted by Crippen LogP contribution is -2.37. The molecule has 1 aliphatic rings. The Balaban J connectivity index is 1.75. The van der Waals surface area contributed by atoms with Crippen LogP contribution < -0.4 is 0 Å². The summed E-state index contributed by atoms with van der Waals surface area (Å²) in [6.07, 6.45) is 4.15. The lowest BCUT2D eigenvalue weighted by atomic mass is 9.82. The number of piperidine rings is 1. The monoisotopic (exact) mass is 323 g/mol. The maximum Gasteiger partial charge on any atom is 0.222 e. The van der Waals surface area contributed by atoms with Crippen LogP contribution >= 0.6 is 0 Å². The van der Waals surface area contributed by atoms with E-state index in [0.717, 1.165) is 43.5 Å². The van der Waals surface area contributed by atoms with Crippen LogP contribution in [0.4, 0.5) is 0 Å². The van der Waals surface area contributed by atoms with Crippen molar-refractivity contribution < 1.29 is 9.90 Å². The Hall–Kier alpha value is -2.13. The summed E-state index contributed by atoms with van der Waals surface area (Å²) in [6.45, 7) is 1.58. The van der Waals surface area contributed by atoms with Crippen LogP contribution in [0.25, 0.3) is 0 Å². The molecule has 3 rings (SSSR count). The summed E-state index contributed by atoms with van der Waals surface area (Å²) in [5.74, 6) is 0.254. The highest BCUT2D eigenvalue weighted by atomic mass is 16.3. The molecule has 1 amide bonds. The number of hydrogen-bond donors (Lipinski definition) is 1. The van der Waals surface area contributed by atoms with Crippen molar-refractivity contribution in [3.8, 4) is 0 Å². The van der Waals surface area contributed by atoms with Crippen LogP contribution in [-0.4, -0.2) is 29.0 Å². The molecule has 1 N–H and O–H groups in total. The number of carbonyl (C=O) groups is 1. The van der Waals surface area contributed by atoms with Crippen LogP contribution in [-0.2, 0) is 10.4 Å². The van der Waals surface area contributed by atoms with Crippen molar-refractivity contribution in [1.29, 1.82) is 0 Å². The number of benzene rings is 2. The predicted molar refractivity (Wildman–Crippen MR) is 95.5 cm³/mol. The third kappa shape index (κ3) is 3.68. The van der Waals surface area contributed by atoms with E-state index in [-0.39, 0.29) is 5.91 Å². The lowest BCUT2D eigenvalue weighted by molar-refractivity contribution is -0.133. The van der Waals surface area contributed by atoms with Crippen molar-refractivity contribution in [3.63, 3.8) is 0 Å². The highest BCUT2D eigenvalue weighted by Gasteiger charge is 2.31. The maximum absolute atomic E-state index is 12.0. The molecular formula is C21H25NO2. The smallest absolute Gasteiger partial charge is 0.222 e. The summed E-state index contributed by atoms with van der Waals surface area (Å²) in [6, 6.07) is 19.6. The van der Waals surface area contributed by atoms with Crippen molar-refractivity contribution >= 4 is 5.91 Å². The van der Waals surface area contributed by atoms with E-state index >= 15 is 0 Å². The standard InChI is InChI=1S/C21H25NO2/c23-20-14-7-8-16-22(20)17-9-15-21(24,18-10-3-1-4-11-18)19-12-5-2-6-13-19/h1-6,10-13,24H,7-9,14-17H2. The largest absolute Gasteiger partial charge is 0.380 e. The molecule has 1 heterocycles. The summed E-state index contributed by atoms with van der Waals surface area (Å²) in [5, 5.41) is 11.4. The predicted octanol–water partition coefficient (Wildman–Crippen LogP) is 3.72. The summed E-state index contributed by atoms with van der Waals surface area (Å²) in [5.41, 5.74) is 0.795. The van der Waals surface area contributed by atoms with E-state index in [1.807, 2.05) is 65.6 Å². The molecule has 0 spiro atoms. The first-order valence-corrected chi connectivity index (χ1v) is 8.81. The summed E-state index contributed by atoms with van der Waals surface area (Å²) >= 11 is 0. The maximum atomic E-state index is 12.0. The first-order valence-electron chi connectivity index (χ1n) is 8.81. The van der Waals surface area contributed by atoms with Gasteiger partial charge in [-0.05, 0) is 36.8 Å². The summed E-state index contributed by atoms with van der Waals surface area (Å²) in [4.78, 5) is 13.9. The zero-order valence-electron chi connectivity index (χ0n) is 14.0. The highest BCUT2D eigenvalue weighted by Crippen LogP contribution is 2.34. The molecule has 1 saturated heterocycles. The fourth-order valence-corrected chi connectivity index (χ4v) is 3.51. The van der Waals surface area contributed by atoms with Crippen molar-refractivity contribution in [2.75, 3.05) is 13.1 Å². The molecule has 0 unspecified atom stereocenters. The SMILES string of the molecule is O=C1CCCCN1CCCC(O)(c1ccccc1)c1ccccc1. The first kappa shape index (κ1) is 16.7. The van der Waals surface area contributed by atoms with Gasteiger partial charge in [0, 0.05) is 19.5 Å². The Bertz CT molecular complexity index is 615. The second kappa shape index (κ2) is 7.63. The Labute approximate surface area is 143 Å². The molecule has 1 aliphatic heterocycles. The number of rotatable bonds is 6. The molecule has 24 heavy (non-hydrogen) atoms. The summed E-state index contributed by atoms with van der Waals surface area (Å²) in [7, 11) is 0. The van der Waals surface area contributed by atoms with Crippen molar-refractivity contribution in [2.24, 2.45) is 0 Å². The molecule has 0 saturated carbocycles. The third-order valence-corrected chi connectivity index (χ3v) is 4.89. The van der Waals surface area contributed by atoms with Crippen LogP contribution in [0.3, 0.4) is 0 Å². The topological polar surface area (TPSA) is 40.5 Å². The molecule has 1 fully saturated rings. The van der Waals surface area contributed by atoms with Crippen LogP contribution in [0, 0.1) is 0 Å². The Morgan fingerprint density at radius 3 is 2.04 bits per heavy atom. The summed E-state index contributed by atoms with van der Waals surface area (Å²) < 4.78 is 0. The molecule has 3 nitrogen and oxygen atoms in total. The number of amides is 1. The van der Waals surface area contributed by atoms with Crippen molar-refractivity contribution in [3.05, 3.63) is 71.8 Å². The number of nitrogens with zero attached hydrogens (tertiary/aromatic N) is 1. The molecule has 0 aromatic heterocycles. The van der Waals surface area contributed by atoms with Gasteiger partial charge in [0.2, 0.25) is 5.91 Å². The van der Waals surface area contributed by atoms with E-state index in [1.165, 1.54) is 0 Å². The van der Waals surface area contributed by atoms with Gasteiger partial charge in [0.15, 0.2) is 0 Å². The molecular weight excluding hydrogens is 298 g/mol. The van der Waals surface area contributed by atoms with Gasteiger partial charge in [-0.25, -0.2) is 0 Å². The number of likely N-dealkylation sites (tertiary alicyclic amines) is 1. The molecule has 0 bridgehead atoms. The molecule has 3 heteroatoms. The Morgan fingerprint density at radius 2 is 1.50 bits per heavy atom. The lowest BCUT2D eigenvalue weighted by Gasteiger charge is -2.32. The number of hydrogen-bond acceptors (Lipinski definition) is 2. The first-order chi connectivity index (χ1) is 11.7. The molecule has 2 aromatic rings. The van der Waals surface area contributed by atoms with E-state index in [9.17, 15) is 9.90 Å². The highest BCUT2D eigenvalue weighted by molar-refractivity contribution is 5.76.